The van der Waals surface area contributed by atoms with Gasteiger partial charge in [-0.3, -0.25) is 4.79 Å². The van der Waals surface area contributed by atoms with E-state index in [2.05, 4.69) is 0 Å². The van der Waals surface area contributed by atoms with E-state index in [0.717, 1.165) is 44.9 Å². The topological polar surface area (TPSA) is 98.0 Å². The standard InChI is InChI=1S/C15H30O5/c16-12-8-4-6-10-14(18)13(17)9-5-2-1-3-7-11-15(19)20/h13-14,16-18H,1-12H2,(H,19,20). The van der Waals surface area contributed by atoms with Crippen LogP contribution in [0.2, 0.25) is 0 Å². The van der Waals surface area contributed by atoms with E-state index < -0.39 is 18.2 Å². The molecule has 0 spiro atoms. The summed E-state index contributed by atoms with van der Waals surface area (Å²) in [6.45, 7) is 0.181. The first-order valence-electron chi connectivity index (χ1n) is 7.76. The Morgan fingerprint density at radius 2 is 1.20 bits per heavy atom. The Bertz CT molecular complexity index is 232. The SMILES string of the molecule is O=C(O)CCCCCCCC(O)C(O)CCCCCO. The van der Waals surface area contributed by atoms with Crippen molar-refractivity contribution in [3.05, 3.63) is 0 Å². The van der Waals surface area contributed by atoms with Gasteiger partial charge in [-0.05, 0) is 25.7 Å². The second kappa shape index (κ2) is 13.3. The summed E-state index contributed by atoms with van der Waals surface area (Å²) in [5.74, 6) is -0.746. The van der Waals surface area contributed by atoms with E-state index in [1.807, 2.05) is 0 Å². The average molecular weight is 290 g/mol. The van der Waals surface area contributed by atoms with Crippen molar-refractivity contribution < 1.29 is 25.2 Å². The lowest BCUT2D eigenvalue weighted by atomic mass is 10.0. The summed E-state index contributed by atoms with van der Waals surface area (Å²) < 4.78 is 0. The van der Waals surface area contributed by atoms with Gasteiger partial charge >= 0.3 is 5.97 Å². The zero-order valence-electron chi connectivity index (χ0n) is 12.3. The van der Waals surface area contributed by atoms with Gasteiger partial charge in [-0.2, -0.15) is 0 Å². The molecule has 5 heteroatoms. The van der Waals surface area contributed by atoms with E-state index in [1.54, 1.807) is 0 Å². The van der Waals surface area contributed by atoms with Gasteiger partial charge in [0.25, 0.3) is 0 Å². The zero-order valence-corrected chi connectivity index (χ0v) is 12.3. The van der Waals surface area contributed by atoms with Gasteiger partial charge in [0.1, 0.15) is 0 Å². The molecule has 0 saturated heterocycles. The number of carbonyl (C=O) groups is 1. The van der Waals surface area contributed by atoms with Crippen molar-refractivity contribution in [3.63, 3.8) is 0 Å². The van der Waals surface area contributed by atoms with E-state index in [-0.39, 0.29) is 13.0 Å². The number of carboxylic acid groups (broad SMARTS) is 1. The molecule has 2 atom stereocenters. The fourth-order valence-electron chi connectivity index (χ4n) is 2.19. The van der Waals surface area contributed by atoms with E-state index in [9.17, 15) is 15.0 Å². The van der Waals surface area contributed by atoms with Gasteiger partial charge in [0.05, 0.1) is 12.2 Å². The molecule has 2 unspecified atom stereocenters. The van der Waals surface area contributed by atoms with E-state index in [4.69, 9.17) is 10.2 Å². The van der Waals surface area contributed by atoms with Crippen LogP contribution >= 0.6 is 0 Å². The summed E-state index contributed by atoms with van der Waals surface area (Å²) in [6, 6.07) is 0. The summed E-state index contributed by atoms with van der Waals surface area (Å²) in [7, 11) is 0. The molecule has 0 aromatic heterocycles. The van der Waals surface area contributed by atoms with Gasteiger partial charge in [0.15, 0.2) is 0 Å². The second-order valence-corrected chi connectivity index (χ2v) is 5.41. The molecule has 0 saturated carbocycles. The number of hydrogen-bond acceptors (Lipinski definition) is 4. The Hall–Kier alpha value is -0.650. The Morgan fingerprint density at radius 3 is 1.70 bits per heavy atom. The van der Waals surface area contributed by atoms with E-state index in [1.165, 1.54) is 0 Å². The normalized spacial score (nSPS) is 14.2. The van der Waals surface area contributed by atoms with Crippen molar-refractivity contribution in [3.8, 4) is 0 Å². The van der Waals surface area contributed by atoms with Crippen molar-refractivity contribution >= 4 is 5.97 Å². The van der Waals surface area contributed by atoms with Gasteiger partial charge in [-0.25, -0.2) is 0 Å². The van der Waals surface area contributed by atoms with Crippen LogP contribution in [0.3, 0.4) is 0 Å². The largest absolute Gasteiger partial charge is 0.481 e. The average Bonchev–Trinajstić information content (AvgIpc) is 2.41. The molecule has 5 nitrogen and oxygen atoms in total. The number of aliphatic carboxylic acids is 1. The van der Waals surface area contributed by atoms with Crippen molar-refractivity contribution in [2.45, 2.75) is 82.8 Å². The minimum atomic E-state index is -0.746. The fourth-order valence-corrected chi connectivity index (χ4v) is 2.19. The molecule has 0 amide bonds. The molecule has 0 bridgehead atoms. The number of rotatable bonds is 14. The molecular weight excluding hydrogens is 260 g/mol. The van der Waals surface area contributed by atoms with Crippen LogP contribution in [0.25, 0.3) is 0 Å². The molecular formula is C15H30O5. The molecule has 0 aliphatic heterocycles. The molecule has 20 heavy (non-hydrogen) atoms. The molecule has 0 aliphatic rings. The molecule has 0 heterocycles. The molecule has 0 radical (unpaired) electrons. The van der Waals surface area contributed by atoms with Gasteiger partial charge in [0.2, 0.25) is 0 Å². The predicted octanol–water partition coefficient (Wildman–Crippen LogP) is 2.08. The summed E-state index contributed by atoms with van der Waals surface area (Å²) in [5.41, 5.74) is 0. The number of aliphatic hydroxyl groups is 3. The van der Waals surface area contributed by atoms with E-state index >= 15 is 0 Å². The van der Waals surface area contributed by atoms with Crippen molar-refractivity contribution in [1.29, 1.82) is 0 Å². The highest BCUT2D eigenvalue weighted by molar-refractivity contribution is 5.66. The van der Waals surface area contributed by atoms with Crippen LogP contribution in [-0.2, 0) is 4.79 Å². The molecule has 0 fully saturated rings. The Labute approximate surface area is 121 Å². The van der Waals surface area contributed by atoms with Gasteiger partial charge in [-0.1, -0.05) is 38.5 Å². The minimum absolute atomic E-state index is 0.181. The lowest BCUT2D eigenvalue weighted by Gasteiger charge is -2.17. The fraction of sp³-hybridized carbons (Fsp3) is 0.933. The maximum atomic E-state index is 10.3. The van der Waals surface area contributed by atoms with Crippen molar-refractivity contribution in [2.75, 3.05) is 6.61 Å². The quantitative estimate of drug-likeness (QED) is 0.367. The Balaban J connectivity index is 3.38. The summed E-state index contributed by atoms with van der Waals surface area (Å²) in [6.07, 6.45) is 6.97. The van der Waals surface area contributed by atoms with Crippen molar-refractivity contribution in [1.82, 2.24) is 0 Å². The Kier molecular flexibility index (Phi) is 12.9. The first kappa shape index (κ1) is 19.4. The molecule has 0 aromatic carbocycles. The highest BCUT2D eigenvalue weighted by atomic mass is 16.4. The highest BCUT2D eigenvalue weighted by Gasteiger charge is 2.14. The molecule has 0 aromatic rings. The van der Waals surface area contributed by atoms with Crippen LogP contribution in [0.1, 0.15) is 70.6 Å². The third-order valence-electron chi connectivity index (χ3n) is 3.49. The third kappa shape index (κ3) is 12.4. The summed E-state index contributed by atoms with van der Waals surface area (Å²) >= 11 is 0. The minimum Gasteiger partial charge on any atom is -0.481 e. The van der Waals surface area contributed by atoms with Crippen LogP contribution in [0.5, 0.6) is 0 Å². The molecule has 0 rings (SSSR count). The van der Waals surface area contributed by atoms with Crippen LogP contribution in [0.15, 0.2) is 0 Å². The van der Waals surface area contributed by atoms with Crippen LogP contribution in [0, 0.1) is 0 Å². The maximum Gasteiger partial charge on any atom is 0.303 e. The molecule has 0 aliphatic carbocycles. The molecule has 120 valence electrons. The Morgan fingerprint density at radius 1 is 0.750 bits per heavy atom. The number of hydrogen-bond donors (Lipinski definition) is 4. The highest BCUT2D eigenvalue weighted by Crippen LogP contribution is 2.14. The lowest BCUT2D eigenvalue weighted by Crippen LogP contribution is -2.25. The first-order chi connectivity index (χ1) is 9.57. The van der Waals surface area contributed by atoms with Crippen LogP contribution in [-0.4, -0.2) is 45.2 Å². The first-order valence-corrected chi connectivity index (χ1v) is 7.76. The van der Waals surface area contributed by atoms with Gasteiger partial charge in [-0.15, -0.1) is 0 Å². The molecule has 4 N–H and O–H groups in total. The van der Waals surface area contributed by atoms with Gasteiger partial charge < -0.3 is 20.4 Å². The van der Waals surface area contributed by atoms with E-state index in [0.29, 0.717) is 19.3 Å². The number of unbranched alkanes of at least 4 members (excludes halogenated alkanes) is 6. The number of aliphatic hydroxyl groups excluding tert-OH is 3. The third-order valence-corrected chi connectivity index (χ3v) is 3.49. The predicted molar refractivity (Wildman–Crippen MR) is 77.5 cm³/mol. The summed E-state index contributed by atoms with van der Waals surface area (Å²) in [5, 5.41) is 36.6. The van der Waals surface area contributed by atoms with Crippen LogP contribution in [0.4, 0.5) is 0 Å². The van der Waals surface area contributed by atoms with Crippen molar-refractivity contribution in [2.24, 2.45) is 0 Å². The number of carboxylic acids is 1. The summed E-state index contributed by atoms with van der Waals surface area (Å²) in [4.78, 5) is 10.3. The second-order valence-electron chi connectivity index (χ2n) is 5.41. The lowest BCUT2D eigenvalue weighted by molar-refractivity contribution is -0.137. The zero-order chi connectivity index (χ0) is 15.2. The van der Waals surface area contributed by atoms with Crippen LogP contribution < -0.4 is 0 Å². The smallest absolute Gasteiger partial charge is 0.303 e. The monoisotopic (exact) mass is 290 g/mol. The maximum absolute atomic E-state index is 10.3. The van der Waals surface area contributed by atoms with Gasteiger partial charge in [0, 0.05) is 13.0 Å².